The Hall–Kier alpha value is -1.69. The number of thioether (sulfide) groups is 1. The summed E-state index contributed by atoms with van der Waals surface area (Å²) in [6.45, 7) is 6.52. The first-order valence-electron chi connectivity index (χ1n) is 6.94. The van der Waals surface area contributed by atoms with Crippen LogP contribution in [0.3, 0.4) is 0 Å². The summed E-state index contributed by atoms with van der Waals surface area (Å²) in [5.74, 6) is -0.127. The number of carbonyl (C=O) groups excluding carboxylic acids is 1. The van der Waals surface area contributed by atoms with Crippen LogP contribution >= 0.6 is 11.8 Å². The summed E-state index contributed by atoms with van der Waals surface area (Å²) in [7, 11) is 0. The standard InChI is InChI=1S/C15H20N2O3S/c1-9-5-4-6-12(13(9)14(18)19)16-15(20)17-7-8-21-11(3)10(17)2/h4-6,10-11H,7-8H2,1-3H3,(H,16,20)(H,18,19). The molecule has 1 aromatic rings. The van der Waals surface area contributed by atoms with Gasteiger partial charge in [-0.1, -0.05) is 19.1 Å². The van der Waals surface area contributed by atoms with E-state index in [1.165, 1.54) is 0 Å². The van der Waals surface area contributed by atoms with Crippen LogP contribution in [-0.2, 0) is 0 Å². The number of carboxylic acid groups (broad SMARTS) is 1. The molecule has 2 atom stereocenters. The van der Waals surface area contributed by atoms with Crippen LogP contribution in [0.15, 0.2) is 18.2 Å². The molecule has 0 radical (unpaired) electrons. The summed E-state index contributed by atoms with van der Waals surface area (Å²) in [4.78, 5) is 25.5. The maximum atomic E-state index is 12.4. The lowest BCUT2D eigenvalue weighted by Crippen LogP contribution is -2.49. The number of anilines is 1. The summed E-state index contributed by atoms with van der Waals surface area (Å²) in [5.41, 5.74) is 1.14. The Labute approximate surface area is 128 Å². The minimum absolute atomic E-state index is 0.127. The zero-order valence-corrected chi connectivity index (χ0v) is 13.2. The highest BCUT2D eigenvalue weighted by molar-refractivity contribution is 8.00. The summed E-state index contributed by atoms with van der Waals surface area (Å²) in [5, 5.41) is 12.4. The number of hydrogen-bond donors (Lipinski definition) is 2. The number of carbonyl (C=O) groups is 2. The van der Waals surface area contributed by atoms with Crippen molar-refractivity contribution in [1.29, 1.82) is 0 Å². The molecule has 1 fully saturated rings. The van der Waals surface area contributed by atoms with E-state index in [9.17, 15) is 14.7 Å². The van der Waals surface area contributed by atoms with Crippen LogP contribution < -0.4 is 5.32 Å². The first kappa shape index (κ1) is 15.7. The lowest BCUT2D eigenvalue weighted by Gasteiger charge is -2.37. The van der Waals surface area contributed by atoms with E-state index in [0.29, 0.717) is 23.0 Å². The van der Waals surface area contributed by atoms with Gasteiger partial charge >= 0.3 is 12.0 Å². The molecule has 21 heavy (non-hydrogen) atoms. The van der Waals surface area contributed by atoms with Gasteiger partial charge in [-0.15, -0.1) is 0 Å². The third kappa shape index (κ3) is 3.32. The Morgan fingerprint density at radius 1 is 1.38 bits per heavy atom. The Kier molecular flexibility index (Phi) is 4.77. The largest absolute Gasteiger partial charge is 0.478 e. The molecule has 2 amide bonds. The second-order valence-corrected chi connectivity index (χ2v) is 6.73. The number of aromatic carboxylic acids is 1. The van der Waals surface area contributed by atoms with Gasteiger partial charge < -0.3 is 15.3 Å². The quantitative estimate of drug-likeness (QED) is 0.881. The molecule has 0 spiro atoms. The van der Waals surface area contributed by atoms with E-state index in [1.54, 1.807) is 30.0 Å². The van der Waals surface area contributed by atoms with E-state index in [4.69, 9.17) is 0 Å². The van der Waals surface area contributed by atoms with Gasteiger partial charge in [0, 0.05) is 23.6 Å². The van der Waals surface area contributed by atoms with Gasteiger partial charge in [-0.05, 0) is 25.5 Å². The Bertz CT molecular complexity index is 562. The molecule has 1 saturated heterocycles. The van der Waals surface area contributed by atoms with Crippen molar-refractivity contribution < 1.29 is 14.7 Å². The number of aryl methyl sites for hydroxylation is 1. The molecule has 2 rings (SSSR count). The van der Waals surface area contributed by atoms with E-state index in [0.717, 1.165) is 5.75 Å². The van der Waals surface area contributed by atoms with Gasteiger partial charge in [-0.3, -0.25) is 0 Å². The van der Waals surface area contributed by atoms with Crippen LogP contribution in [0.25, 0.3) is 0 Å². The smallest absolute Gasteiger partial charge is 0.338 e. The molecule has 0 aromatic heterocycles. The van der Waals surface area contributed by atoms with Gasteiger partial charge in [-0.25, -0.2) is 9.59 Å². The Morgan fingerprint density at radius 2 is 2.10 bits per heavy atom. The molecule has 2 unspecified atom stereocenters. The first-order chi connectivity index (χ1) is 9.91. The SMILES string of the molecule is Cc1cccc(NC(=O)N2CCSC(C)C2C)c1C(=O)O. The normalized spacial score (nSPS) is 22.0. The third-order valence-electron chi connectivity index (χ3n) is 3.87. The topological polar surface area (TPSA) is 69.6 Å². The summed E-state index contributed by atoms with van der Waals surface area (Å²) in [6.07, 6.45) is 0. The summed E-state index contributed by atoms with van der Waals surface area (Å²) in [6, 6.07) is 4.99. The van der Waals surface area contributed by atoms with Crippen molar-refractivity contribution in [2.24, 2.45) is 0 Å². The van der Waals surface area contributed by atoms with E-state index in [2.05, 4.69) is 12.2 Å². The lowest BCUT2D eigenvalue weighted by molar-refractivity contribution is 0.0697. The van der Waals surface area contributed by atoms with Gasteiger partial charge in [-0.2, -0.15) is 11.8 Å². The van der Waals surface area contributed by atoms with E-state index in [1.807, 2.05) is 18.7 Å². The fraction of sp³-hybridized carbons (Fsp3) is 0.467. The second kappa shape index (κ2) is 6.39. The van der Waals surface area contributed by atoms with Gasteiger partial charge in [0.15, 0.2) is 0 Å². The Morgan fingerprint density at radius 3 is 2.76 bits per heavy atom. The maximum Gasteiger partial charge on any atom is 0.338 e. The molecule has 5 nitrogen and oxygen atoms in total. The predicted molar refractivity (Wildman–Crippen MR) is 85.2 cm³/mol. The minimum Gasteiger partial charge on any atom is -0.478 e. The summed E-state index contributed by atoms with van der Waals surface area (Å²) >= 11 is 1.85. The zero-order chi connectivity index (χ0) is 15.6. The van der Waals surface area contributed by atoms with Crippen molar-refractivity contribution in [3.05, 3.63) is 29.3 Å². The highest BCUT2D eigenvalue weighted by Crippen LogP contribution is 2.26. The molecule has 1 aliphatic heterocycles. The molecule has 1 heterocycles. The first-order valence-corrected chi connectivity index (χ1v) is 7.99. The number of rotatable bonds is 2. The van der Waals surface area contributed by atoms with Crippen molar-refractivity contribution in [1.82, 2.24) is 4.90 Å². The van der Waals surface area contributed by atoms with Crippen LogP contribution in [0.1, 0.15) is 29.8 Å². The lowest BCUT2D eigenvalue weighted by atomic mass is 10.1. The molecule has 6 heteroatoms. The van der Waals surface area contributed by atoms with Crippen molar-refractivity contribution in [2.45, 2.75) is 32.1 Å². The van der Waals surface area contributed by atoms with Gasteiger partial charge in [0.05, 0.1) is 11.3 Å². The Balaban J connectivity index is 2.20. The second-order valence-electron chi connectivity index (χ2n) is 5.24. The van der Waals surface area contributed by atoms with Gasteiger partial charge in [0.25, 0.3) is 0 Å². The average molecular weight is 308 g/mol. The fourth-order valence-corrected chi connectivity index (χ4v) is 3.56. The number of urea groups is 1. The molecular weight excluding hydrogens is 288 g/mol. The molecule has 114 valence electrons. The van der Waals surface area contributed by atoms with Crippen LogP contribution in [0.5, 0.6) is 0 Å². The fourth-order valence-electron chi connectivity index (χ4n) is 2.46. The van der Waals surface area contributed by atoms with Crippen LogP contribution in [0, 0.1) is 6.92 Å². The van der Waals surface area contributed by atoms with Crippen LogP contribution in [0.4, 0.5) is 10.5 Å². The van der Waals surface area contributed by atoms with E-state index in [-0.39, 0.29) is 17.6 Å². The van der Waals surface area contributed by atoms with Crippen molar-refractivity contribution in [2.75, 3.05) is 17.6 Å². The molecule has 0 saturated carbocycles. The molecule has 0 bridgehead atoms. The summed E-state index contributed by atoms with van der Waals surface area (Å²) < 4.78 is 0. The zero-order valence-electron chi connectivity index (χ0n) is 12.4. The van der Waals surface area contributed by atoms with Crippen LogP contribution in [-0.4, -0.2) is 45.6 Å². The minimum atomic E-state index is -1.03. The number of nitrogens with zero attached hydrogens (tertiary/aromatic N) is 1. The number of amides is 2. The average Bonchev–Trinajstić information content (AvgIpc) is 2.41. The van der Waals surface area contributed by atoms with Gasteiger partial charge in [0.2, 0.25) is 0 Å². The van der Waals surface area contributed by atoms with Crippen molar-refractivity contribution >= 4 is 29.4 Å². The molecule has 2 N–H and O–H groups in total. The molecule has 0 aliphatic carbocycles. The monoisotopic (exact) mass is 308 g/mol. The van der Waals surface area contributed by atoms with E-state index < -0.39 is 5.97 Å². The molecular formula is C15H20N2O3S. The van der Waals surface area contributed by atoms with Gasteiger partial charge in [0.1, 0.15) is 0 Å². The predicted octanol–water partition coefficient (Wildman–Crippen LogP) is 3.05. The molecule has 1 aromatic carbocycles. The number of nitrogens with one attached hydrogen (secondary N) is 1. The number of carboxylic acids is 1. The van der Waals surface area contributed by atoms with E-state index >= 15 is 0 Å². The maximum absolute atomic E-state index is 12.4. The number of hydrogen-bond acceptors (Lipinski definition) is 3. The molecule has 1 aliphatic rings. The highest BCUT2D eigenvalue weighted by atomic mass is 32.2. The highest BCUT2D eigenvalue weighted by Gasteiger charge is 2.29. The number of benzene rings is 1. The third-order valence-corrected chi connectivity index (χ3v) is 5.21. The van der Waals surface area contributed by atoms with Crippen molar-refractivity contribution in [3.63, 3.8) is 0 Å². The van der Waals surface area contributed by atoms with Crippen molar-refractivity contribution in [3.8, 4) is 0 Å². The van der Waals surface area contributed by atoms with Crippen LogP contribution in [0.2, 0.25) is 0 Å².